The van der Waals surface area contributed by atoms with Gasteiger partial charge in [-0.3, -0.25) is 4.57 Å². The highest BCUT2D eigenvalue weighted by atomic mass is 19.1. The van der Waals surface area contributed by atoms with E-state index in [1.165, 1.54) is 16.8 Å². The lowest BCUT2D eigenvalue weighted by molar-refractivity contribution is 0.242. The number of aromatic amines is 1. The molecule has 0 saturated heterocycles. The number of benzene rings is 3. The maximum absolute atomic E-state index is 14.5. The summed E-state index contributed by atoms with van der Waals surface area (Å²) in [5.41, 5.74) is 2.73. The molecule has 0 spiro atoms. The molecule has 1 aliphatic heterocycles. The topological polar surface area (TPSA) is 120 Å². The first-order chi connectivity index (χ1) is 20.9. The highest BCUT2D eigenvalue weighted by Crippen LogP contribution is 2.38. The zero-order chi connectivity index (χ0) is 30.1. The van der Waals surface area contributed by atoms with E-state index in [0.29, 0.717) is 47.0 Å². The number of H-pyrrole nitrogens is 1. The van der Waals surface area contributed by atoms with Gasteiger partial charge in [-0.05, 0) is 30.3 Å². The molecule has 1 aliphatic rings. The zero-order valence-corrected chi connectivity index (χ0v) is 23.1. The largest absolute Gasteiger partial charge is 0.497 e. The van der Waals surface area contributed by atoms with E-state index >= 15 is 0 Å². The third-order valence-corrected chi connectivity index (χ3v) is 7.14. The minimum absolute atomic E-state index is 0.0912. The number of anilines is 3. The molecule has 0 saturated carbocycles. The van der Waals surface area contributed by atoms with E-state index in [9.17, 15) is 13.6 Å². The molecule has 0 bridgehead atoms. The van der Waals surface area contributed by atoms with E-state index in [0.717, 1.165) is 11.6 Å². The molecular weight excluding hydrogens is 560 g/mol. The Hall–Kier alpha value is -5.64. The molecule has 1 atom stereocenters. The highest BCUT2D eigenvalue weighted by molar-refractivity contribution is 5.79. The van der Waals surface area contributed by atoms with E-state index < -0.39 is 23.4 Å². The number of nitrogens with one attached hydrogen (secondary N) is 3. The van der Waals surface area contributed by atoms with E-state index in [1.54, 1.807) is 38.5 Å². The summed E-state index contributed by atoms with van der Waals surface area (Å²) in [5.74, 6) is -0.246. The quantitative estimate of drug-likeness (QED) is 0.199. The fraction of sp³-hybridized carbons (Fsp3) is 0.200. The van der Waals surface area contributed by atoms with Gasteiger partial charge in [-0.25, -0.2) is 23.4 Å². The second-order valence-electron chi connectivity index (χ2n) is 9.69. The lowest BCUT2D eigenvalue weighted by atomic mass is 10.00. The molecule has 218 valence electrons. The van der Waals surface area contributed by atoms with Gasteiger partial charge in [0.15, 0.2) is 22.9 Å². The van der Waals surface area contributed by atoms with Crippen LogP contribution in [0, 0.1) is 18.2 Å². The summed E-state index contributed by atoms with van der Waals surface area (Å²) in [6.07, 6.45) is 1.74. The lowest BCUT2D eigenvalue weighted by Gasteiger charge is -2.27. The molecule has 0 fully saturated rings. The Labute approximate surface area is 243 Å². The van der Waals surface area contributed by atoms with Crippen LogP contribution in [0.15, 0.2) is 59.5 Å². The first-order valence-corrected chi connectivity index (χ1v) is 13.2. The molecule has 3 N–H and O–H groups in total. The average Bonchev–Trinajstić information content (AvgIpc) is 3.34. The standard InChI is InChI=1S/C30H25F2N7O4/c1-33-18-5-7-22(34-14-16-4-6-19(41-2)13-26(16)42-3)23(12-18)36-29-35-15-24-28(38-29)39(30(40)37-24)25-8-9-43-27-20(25)10-17(31)11-21(27)32/h4-7,10-13,15,25,34H,8-9,14H2,2-3H3,(H,37,40)(H,35,36,38). The summed E-state index contributed by atoms with van der Waals surface area (Å²) in [7, 11) is 3.16. The van der Waals surface area contributed by atoms with E-state index in [4.69, 9.17) is 20.8 Å². The van der Waals surface area contributed by atoms with Crippen molar-refractivity contribution in [3.8, 4) is 17.2 Å². The Bertz CT molecular complexity index is 1950. The number of rotatable bonds is 8. The Morgan fingerprint density at radius 2 is 2.00 bits per heavy atom. The molecule has 6 rings (SSSR count). The van der Waals surface area contributed by atoms with Gasteiger partial charge in [0.05, 0.1) is 51.0 Å². The number of imidazole rings is 1. The number of hydrogen-bond acceptors (Lipinski definition) is 8. The highest BCUT2D eigenvalue weighted by Gasteiger charge is 2.30. The Kier molecular flexibility index (Phi) is 7.25. The van der Waals surface area contributed by atoms with E-state index in [-0.39, 0.29) is 29.5 Å². The van der Waals surface area contributed by atoms with Gasteiger partial charge in [0.25, 0.3) is 0 Å². The van der Waals surface area contributed by atoms with Crippen LogP contribution in [-0.2, 0) is 6.54 Å². The number of ether oxygens (including phenoxy) is 3. The maximum Gasteiger partial charge on any atom is 0.328 e. The van der Waals surface area contributed by atoms with Gasteiger partial charge in [-0.1, -0.05) is 6.07 Å². The maximum atomic E-state index is 14.5. The molecule has 2 aromatic heterocycles. The molecule has 3 heterocycles. The van der Waals surface area contributed by atoms with Crippen molar-refractivity contribution in [2.45, 2.75) is 19.0 Å². The van der Waals surface area contributed by atoms with Crippen molar-refractivity contribution >= 4 is 34.2 Å². The molecular formula is C30H25F2N7O4. The summed E-state index contributed by atoms with van der Waals surface area (Å²) < 4.78 is 46.2. The second-order valence-corrected chi connectivity index (χ2v) is 9.69. The smallest absolute Gasteiger partial charge is 0.328 e. The summed E-state index contributed by atoms with van der Waals surface area (Å²) in [5, 5.41) is 6.50. The molecule has 0 aliphatic carbocycles. The van der Waals surface area contributed by atoms with Gasteiger partial charge < -0.3 is 29.8 Å². The van der Waals surface area contributed by atoms with Crippen molar-refractivity contribution < 1.29 is 23.0 Å². The van der Waals surface area contributed by atoms with Gasteiger partial charge in [0.2, 0.25) is 5.95 Å². The van der Waals surface area contributed by atoms with Crippen molar-refractivity contribution in [3.63, 3.8) is 0 Å². The lowest BCUT2D eigenvalue weighted by Crippen LogP contribution is -2.28. The first-order valence-electron chi connectivity index (χ1n) is 13.2. The minimum Gasteiger partial charge on any atom is -0.497 e. The van der Waals surface area contributed by atoms with Crippen LogP contribution in [0.3, 0.4) is 0 Å². The van der Waals surface area contributed by atoms with Crippen LogP contribution in [0.25, 0.3) is 16.0 Å². The Morgan fingerprint density at radius 3 is 2.79 bits per heavy atom. The van der Waals surface area contributed by atoms with E-state index in [2.05, 4.69) is 30.4 Å². The fourth-order valence-electron chi connectivity index (χ4n) is 5.11. The van der Waals surface area contributed by atoms with Crippen molar-refractivity contribution in [1.82, 2.24) is 19.5 Å². The fourth-order valence-corrected chi connectivity index (χ4v) is 5.11. The molecule has 5 aromatic rings. The summed E-state index contributed by atoms with van der Waals surface area (Å²) >= 11 is 0. The van der Waals surface area contributed by atoms with Crippen LogP contribution >= 0.6 is 0 Å². The number of aromatic nitrogens is 4. The third-order valence-electron chi connectivity index (χ3n) is 7.14. The Morgan fingerprint density at radius 1 is 1.14 bits per heavy atom. The predicted octanol–water partition coefficient (Wildman–Crippen LogP) is 5.69. The summed E-state index contributed by atoms with van der Waals surface area (Å²) in [6.45, 7) is 8.00. The predicted molar refractivity (Wildman–Crippen MR) is 156 cm³/mol. The third kappa shape index (κ3) is 5.26. The minimum atomic E-state index is -0.837. The van der Waals surface area contributed by atoms with Crippen molar-refractivity contribution in [2.75, 3.05) is 31.5 Å². The van der Waals surface area contributed by atoms with Gasteiger partial charge >= 0.3 is 5.69 Å². The van der Waals surface area contributed by atoms with Gasteiger partial charge in [0, 0.05) is 36.2 Å². The summed E-state index contributed by atoms with van der Waals surface area (Å²) in [6, 6.07) is 11.8. The molecule has 0 radical (unpaired) electrons. The number of halogens is 2. The number of hydrogen-bond donors (Lipinski definition) is 3. The monoisotopic (exact) mass is 585 g/mol. The molecule has 43 heavy (non-hydrogen) atoms. The molecule has 13 heteroatoms. The SMILES string of the molecule is [C-]#[N+]c1ccc(NCc2ccc(OC)cc2OC)c(Nc2ncc3[nH]c(=O)n(C4CCOc5c(F)cc(F)cc54)c3n2)c1. The van der Waals surface area contributed by atoms with Crippen molar-refractivity contribution in [1.29, 1.82) is 0 Å². The number of fused-ring (bicyclic) bond motifs is 2. The van der Waals surface area contributed by atoms with Crippen molar-refractivity contribution in [3.05, 3.63) is 99.4 Å². The van der Waals surface area contributed by atoms with Crippen molar-refractivity contribution in [2.24, 2.45) is 0 Å². The second kappa shape index (κ2) is 11.3. The normalized spacial score (nSPS) is 14.0. The van der Waals surface area contributed by atoms with E-state index in [1.807, 2.05) is 12.1 Å². The first kappa shape index (κ1) is 27.5. The average molecular weight is 586 g/mol. The van der Waals surface area contributed by atoms with Gasteiger partial charge in [-0.2, -0.15) is 4.98 Å². The van der Waals surface area contributed by atoms with Crippen LogP contribution in [0.1, 0.15) is 23.6 Å². The van der Waals surface area contributed by atoms with Crippen LogP contribution in [0.4, 0.5) is 31.8 Å². The molecule has 11 nitrogen and oxygen atoms in total. The van der Waals surface area contributed by atoms with Gasteiger partial charge in [-0.15, -0.1) is 0 Å². The van der Waals surface area contributed by atoms with Gasteiger partial charge in [0.1, 0.15) is 22.8 Å². The van der Waals surface area contributed by atoms with Crippen LogP contribution in [-0.4, -0.2) is 40.3 Å². The van der Waals surface area contributed by atoms with Crippen LogP contribution in [0.5, 0.6) is 17.2 Å². The zero-order valence-electron chi connectivity index (χ0n) is 23.1. The number of methoxy groups -OCH3 is 2. The van der Waals surface area contributed by atoms with Crippen LogP contribution in [0.2, 0.25) is 0 Å². The molecule has 0 amide bonds. The Balaban J connectivity index is 1.34. The molecule has 3 aromatic carbocycles. The summed E-state index contributed by atoms with van der Waals surface area (Å²) in [4.78, 5) is 28.2. The van der Waals surface area contributed by atoms with Crippen LogP contribution < -0.4 is 30.5 Å². The molecule has 1 unspecified atom stereocenters. The number of nitrogens with zero attached hydrogens (tertiary/aromatic N) is 4.